The lowest BCUT2D eigenvalue weighted by atomic mass is 9.92. The van der Waals surface area contributed by atoms with E-state index in [0.717, 1.165) is 18.4 Å². The molecular formula is C15H19NO4S. The maximum Gasteiger partial charge on any atom is 0.308 e. The number of methoxy groups -OCH3 is 1. The highest BCUT2D eigenvalue weighted by molar-refractivity contribution is 7.12. The Kier molecular flexibility index (Phi) is 3.99. The van der Waals surface area contributed by atoms with Crippen LogP contribution in [0.5, 0.6) is 0 Å². The van der Waals surface area contributed by atoms with Gasteiger partial charge in [-0.25, -0.2) is 0 Å². The van der Waals surface area contributed by atoms with Gasteiger partial charge in [-0.2, -0.15) is 0 Å². The van der Waals surface area contributed by atoms with E-state index in [1.165, 1.54) is 11.3 Å². The van der Waals surface area contributed by atoms with Gasteiger partial charge in [0.05, 0.1) is 17.4 Å². The molecule has 0 aromatic carbocycles. The van der Waals surface area contributed by atoms with E-state index < -0.39 is 11.9 Å². The molecule has 1 saturated heterocycles. The summed E-state index contributed by atoms with van der Waals surface area (Å²) in [6.07, 6.45) is 2.21. The van der Waals surface area contributed by atoms with Crippen molar-refractivity contribution < 1.29 is 19.4 Å². The number of carbonyl (C=O) groups excluding carboxylic acids is 1. The number of carboxylic acids is 1. The minimum atomic E-state index is -0.770. The van der Waals surface area contributed by atoms with Gasteiger partial charge in [0.2, 0.25) is 0 Å². The van der Waals surface area contributed by atoms with Crippen LogP contribution in [0.25, 0.3) is 0 Å². The van der Waals surface area contributed by atoms with E-state index in [2.05, 4.69) is 0 Å². The summed E-state index contributed by atoms with van der Waals surface area (Å²) in [5.41, 5.74) is 0.985. The predicted octanol–water partition coefficient (Wildman–Crippen LogP) is 2.08. The van der Waals surface area contributed by atoms with Gasteiger partial charge in [0, 0.05) is 20.2 Å². The summed E-state index contributed by atoms with van der Waals surface area (Å²) in [4.78, 5) is 26.3. The summed E-state index contributed by atoms with van der Waals surface area (Å²) in [7, 11) is 1.62. The summed E-state index contributed by atoms with van der Waals surface area (Å²) in [6.45, 7) is 1.41. The molecule has 1 aliphatic carbocycles. The van der Waals surface area contributed by atoms with E-state index in [4.69, 9.17) is 4.74 Å². The molecule has 114 valence electrons. The topological polar surface area (TPSA) is 66.8 Å². The molecule has 5 nitrogen and oxygen atoms in total. The lowest BCUT2D eigenvalue weighted by Gasteiger charge is -2.15. The second kappa shape index (κ2) is 5.77. The highest BCUT2D eigenvalue weighted by Gasteiger charge is 2.47. The molecule has 2 aliphatic rings. The quantitative estimate of drug-likeness (QED) is 0.904. The van der Waals surface area contributed by atoms with E-state index in [1.807, 2.05) is 11.4 Å². The van der Waals surface area contributed by atoms with Gasteiger partial charge in [0.15, 0.2) is 0 Å². The van der Waals surface area contributed by atoms with Crippen LogP contribution in [0.15, 0.2) is 11.4 Å². The Labute approximate surface area is 127 Å². The Morgan fingerprint density at radius 1 is 1.43 bits per heavy atom. The average Bonchev–Trinajstić information content (AvgIpc) is 3.02. The highest BCUT2D eigenvalue weighted by Crippen LogP contribution is 2.44. The third-order valence-corrected chi connectivity index (χ3v) is 5.34. The first-order valence-electron chi connectivity index (χ1n) is 7.18. The number of hydrogen-bond acceptors (Lipinski definition) is 4. The number of ether oxygens (including phenoxy) is 1. The molecule has 1 aromatic rings. The predicted molar refractivity (Wildman–Crippen MR) is 78.3 cm³/mol. The van der Waals surface area contributed by atoms with Crippen molar-refractivity contribution in [2.24, 2.45) is 17.8 Å². The number of thiophene rings is 1. The van der Waals surface area contributed by atoms with Crippen LogP contribution < -0.4 is 0 Å². The minimum Gasteiger partial charge on any atom is -0.481 e. The number of nitrogens with zero attached hydrogens (tertiary/aromatic N) is 1. The van der Waals surface area contributed by atoms with Crippen molar-refractivity contribution in [2.75, 3.05) is 20.2 Å². The molecule has 6 heteroatoms. The molecule has 0 radical (unpaired) electrons. The molecule has 0 bridgehead atoms. The Bertz CT molecular complexity index is 552. The molecular weight excluding hydrogens is 290 g/mol. The van der Waals surface area contributed by atoms with E-state index in [-0.39, 0.29) is 11.8 Å². The van der Waals surface area contributed by atoms with Crippen LogP contribution in [0.2, 0.25) is 0 Å². The van der Waals surface area contributed by atoms with Crippen LogP contribution in [-0.4, -0.2) is 42.1 Å². The van der Waals surface area contributed by atoms with Gasteiger partial charge in [-0.3, -0.25) is 9.59 Å². The van der Waals surface area contributed by atoms with E-state index in [0.29, 0.717) is 30.5 Å². The van der Waals surface area contributed by atoms with Gasteiger partial charge >= 0.3 is 5.97 Å². The van der Waals surface area contributed by atoms with Crippen LogP contribution in [-0.2, 0) is 16.1 Å². The second-order valence-corrected chi connectivity index (χ2v) is 6.82. The summed E-state index contributed by atoms with van der Waals surface area (Å²) < 4.78 is 5.06. The van der Waals surface area contributed by atoms with Gasteiger partial charge < -0.3 is 14.7 Å². The number of likely N-dealkylation sites (tertiary alicyclic amines) is 1. The smallest absolute Gasteiger partial charge is 0.308 e. The highest BCUT2D eigenvalue weighted by atomic mass is 32.1. The number of carbonyl (C=O) groups is 2. The normalized spacial score (nSPS) is 25.3. The fourth-order valence-corrected chi connectivity index (χ4v) is 4.01. The van der Waals surface area contributed by atoms with Crippen molar-refractivity contribution >= 4 is 23.2 Å². The van der Waals surface area contributed by atoms with Crippen molar-refractivity contribution in [1.82, 2.24) is 4.90 Å². The molecule has 0 spiro atoms. The number of rotatable bonds is 5. The van der Waals surface area contributed by atoms with E-state index in [9.17, 15) is 14.7 Å². The van der Waals surface area contributed by atoms with Crippen molar-refractivity contribution in [1.29, 1.82) is 0 Å². The standard InChI is InChI=1S/C15H19NO4S/c1-20-7-9-4-13(21-8-9)14(17)16-5-11(10-2-3-10)12(6-16)15(18)19/h4,8,10-12H,2-3,5-7H2,1H3,(H,18,19)/t11-,12+/m0/s1. The maximum atomic E-state index is 12.5. The van der Waals surface area contributed by atoms with Crippen molar-refractivity contribution in [2.45, 2.75) is 19.4 Å². The molecule has 2 atom stereocenters. The Morgan fingerprint density at radius 2 is 2.19 bits per heavy atom. The van der Waals surface area contributed by atoms with E-state index >= 15 is 0 Å². The molecule has 0 unspecified atom stereocenters. The van der Waals surface area contributed by atoms with Gasteiger partial charge in [0.1, 0.15) is 0 Å². The zero-order valence-electron chi connectivity index (χ0n) is 11.9. The third kappa shape index (κ3) is 2.96. The molecule has 2 fully saturated rings. The average molecular weight is 309 g/mol. The third-order valence-electron chi connectivity index (χ3n) is 4.37. The first-order valence-corrected chi connectivity index (χ1v) is 8.06. The zero-order valence-corrected chi connectivity index (χ0v) is 12.8. The number of amides is 1. The minimum absolute atomic E-state index is 0.0447. The van der Waals surface area contributed by atoms with Crippen molar-refractivity contribution in [3.63, 3.8) is 0 Å². The Hall–Kier alpha value is -1.40. The van der Waals surface area contributed by atoms with Gasteiger partial charge in [0.25, 0.3) is 5.91 Å². The van der Waals surface area contributed by atoms with Crippen LogP contribution >= 0.6 is 11.3 Å². The van der Waals surface area contributed by atoms with Crippen LogP contribution in [0.4, 0.5) is 0 Å². The van der Waals surface area contributed by atoms with Crippen molar-refractivity contribution in [3.05, 3.63) is 21.9 Å². The summed E-state index contributed by atoms with van der Waals surface area (Å²) in [5.74, 6) is -0.591. The first-order chi connectivity index (χ1) is 10.1. The second-order valence-electron chi connectivity index (χ2n) is 5.91. The Morgan fingerprint density at radius 3 is 2.81 bits per heavy atom. The fourth-order valence-electron chi connectivity index (χ4n) is 3.14. The maximum absolute atomic E-state index is 12.5. The lowest BCUT2D eigenvalue weighted by Crippen LogP contribution is -2.29. The molecule has 1 aliphatic heterocycles. The van der Waals surface area contributed by atoms with Gasteiger partial charge in [-0.1, -0.05) is 0 Å². The summed E-state index contributed by atoms with van der Waals surface area (Å²) in [6, 6.07) is 1.84. The SMILES string of the molecule is COCc1csc(C(=O)N2C[C@@H](C(=O)O)[C@H](C3CC3)C2)c1. The molecule has 1 aromatic heterocycles. The monoisotopic (exact) mass is 309 g/mol. The number of hydrogen-bond donors (Lipinski definition) is 1. The van der Waals surface area contributed by atoms with Gasteiger partial charge in [-0.15, -0.1) is 11.3 Å². The molecule has 21 heavy (non-hydrogen) atoms. The largest absolute Gasteiger partial charge is 0.481 e. The molecule has 2 heterocycles. The summed E-state index contributed by atoms with van der Waals surface area (Å²) >= 11 is 1.40. The molecule has 1 amide bonds. The van der Waals surface area contributed by atoms with Crippen LogP contribution in [0.1, 0.15) is 28.1 Å². The van der Waals surface area contributed by atoms with Gasteiger partial charge in [-0.05, 0) is 41.7 Å². The molecule has 1 N–H and O–H groups in total. The van der Waals surface area contributed by atoms with E-state index in [1.54, 1.807) is 12.0 Å². The Balaban J connectivity index is 1.71. The molecule has 1 saturated carbocycles. The summed E-state index contributed by atoms with van der Waals surface area (Å²) in [5, 5.41) is 11.3. The number of carboxylic acid groups (broad SMARTS) is 1. The fraction of sp³-hybridized carbons (Fsp3) is 0.600. The lowest BCUT2D eigenvalue weighted by molar-refractivity contribution is -0.142. The number of aliphatic carboxylic acids is 1. The van der Waals surface area contributed by atoms with Crippen LogP contribution in [0, 0.1) is 17.8 Å². The zero-order chi connectivity index (χ0) is 15.0. The first kappa shape index (κ1) is 14.5. The van der Waals surface area contributed by atoms with Crippen LogP contribution in [0.3, 0.4) is 0 Å². The van der Waals surface area contributed by atoms with Crippen molar-refractivity contribution in [3.8, 4) is 0 Å². The molecule has 3 rings (SSSR count).